The van der Waals surface area contributed by atoms with E-state index in [0.717, 1.165) is 13.1 Å². The Kier molecular flexibility index (Phi) is 4.18. The summed E-state index contributed by atoms with van der Waals surface area (Å²) in [6, 6.07) is 0.578. The van der Waals surface area contributed by atoms with Crippen molar-refractivity contribution in [1.29, 1.82) is 0 Å². The van der Waals surface area contributed by atoms with Gasteiger partial charge in [-0.15, -0.1) is 0 Å². The molecule has 1 aliphatic rings. The highest BCUT2D eigenvalue weighted by Gasteiger charge is 2.16. The van der Waals surface area contributed by atoms with Crippen LogP contribution in [0.5, 0.6) is 0 Å². The third-order valence-electron chi connectivity index (χ3n) is 2.39. The summed E-state index contributed by atoms with van der Waals surface area (Å²) < 4.78 is 0. The monoisotopic (exact) mass is 185 g/mol. The van der Waals surface area contributed by atoms with Crippen molar-refractivity contribution < 1.29 is 4.79 Å². The van der Waals surface area contributed by atoms with E-state index in [-0.39, 0.29) is 5.91 Å². The van der Waals surface area contributed by atoms with Crippen LogP contribution in [0.4, 0.5) is 0 Å². The molecule has 0 aromatic rings. The van der Waals surface area contributed by atoms with E-state index in [0.29, 0.717) is 12.6 Å². The van der Waals surface area contributed by atoms with Gasteiger partial charge in [-0.1, -0.05) is 0 Å². The second-order valence-electron chi connectivity index (χ2n) is 3.66. The van der Waals surface area contributed by atoms with Crippen molar-refractivity contribution in [2.24, 2.45) is 0 Å². The molecule has 1 atom stereocenters. The van der Waals surface area contributed by atoms with Gasteiger partial charge in [-0.2, -0.15) is 0 Å². The largest absolute Gasteiger partial charge is 0.358 e. The molecular formula is C9H19N3O. The molecule has 76 valence electrons. The van der Waals surface area contributed by atoms with Crippen molar-refractivity contribution in [3.05, 3.63) is 0 Å². The van der Waals surface area contributed by atoms with Crippen LogP contribution in [0.25, 0.3) is 0 Å². The van der Waals surface area contributed by atoms with E-state index in [9.17, 15) is 4.79 Å². The molecule has 0 aromatic carbocycles. The van der Waals surface area contributed by atoms with E-state index in [4.69, 9.17) is 0 Å². The van der Waals surface area contributed by atoms with E-state index < -0.39 is 0 Å². The molecule has 1 fully saturated rings. The summed E-state index contributed by atoms with van der Waals surface area (Å²) in [5.41, 5.74) is 0. The van der Waals surface area contributed by atoms with Crippen LogP contribution in [0.3, 0.4) is 0 Å². The van der Waals surface area contributed by atoms with Gasteiger partial charge in [0.2, 0.25) is 5.91 Å². The van der Waals surface area contributed by atoms with Crippen LogP contribution < -0.4 is 10.6 Å². The number of hydrogen-bond donors (Lipinski definition) is 2. The molecule has 0 spiro atoms. The Morgan fingerprint density at radius 2 is 2.46 bits per heavy atom. The lowest BCUT2D eigenvalue weighted by molar-refractivity contribution is -0.121. The Morgan fingerprint density at radius 3 is 3.00 bits per heavy atom. The van der Waals surface area contributed by atoms with Crippen molar-refractivity contribution in [2.75, 3.05) is 33.7 Å². The highest BCUT2D eigenvalue weighted by molar-refractivity contribution is 5.77. The first-order chi connectivity index (χ1) is 6.22. The molecule has 0 radical (unpaired) electrons. The number of carbonyl (C=O) groups is 1. The fraction of sp³-hybridized carbons (Fsp3) is 0.889. The van der Waals surface area contributed by atoms with Gasteiger partial charge in [0.1, 0.15) is 0 Å². The second kappa shape index (κ2) is 5.19. The van der Waals surface area contributed by atoms with Crippen molar-refractivity contribution in [2.45, 2.75) is 18.9 Å². The summed E-state index contributed by atoms with van der Waals surface area (Å²) in [6.45, 7) is 2.58. The van der Waals surface area contributed by atoms with Gasteiger partial charge >= 0.3 is 0 Å². The summed E-state index contributed by atoms with van der Waals surface area (Å²) >= 11 is 0. The molecule has 1 saturated heterocycles. The van der Waals surface area contributed by atoms with Crippen LogP contribution in [0.1, 0.15) is 12.8 Å². The first-order valence-corrected chi connectivity index (χ1v) is 4.85. The fourth-order valence-corrected chi connectivity index (χ4v) is 1.68. The minimum absolute atomic E-state index is 0.0838. The molecule has 1 rings (SSSR count). The van der Waals surface area contributed by atoms with Gasteiger partial charge in [-0.3, -0.25) is 9.69 Å². The van der Waals surface area contributed by atoms with Crippen molar-refractivity contribution in [3.63, 3.8) is 0 Å². The Hall–Kier alpha value is -0.610. The SMILES string of the molecule is CNC(=O)CN(C)C[C@H]1CCCN1. The number of amides is 1. The van der Waals surface area contributed by atoms with Crippen LogP contribution in [0.2, 0.25) is 0 Å². The van der Waals surface area contributed by atoms with E-state index in [1.807, 2.05) is 7.05 Å². The normalized spacial score (nSPS) is 22.2. The van der Waals surface area contributed by atoms with Crippen LogP contribution in [0.15, 0.2) is 0 Å². The summed E-state index contributed by atoms with van der Waals surface area (Å²) in [7, 11) is 3.65. The van der Waals surface area contributed by atoms with Crippen LogP contribution in [-0.4, -0.2) is 50.6 Å². The fourth-order valence-electron chi connectivity index (χ4n) is 1.68. The predicted octanol–water partition coefficient (Wildman–Crippen LogP) is -0.584. The molecule has 2 N–H and O–H groups in total. The number of hydrogen-bond acceptors (Lipinski definition) is 3. The van der Waals surface area contributed by atoms with Gasteiger partial charge in [0.25, 0.3) is 0 Å². The standard InChI is InChI=1S/C9H19N3O/c1-10-9(13)7-12(2)6-8-4-3-5-11-8/h8,11H,3-7H2,1-2H3,(H,10,13)/t8-/m1/s1. The Balaban J connectivity index is 2.16. The quantitative estimate of drug-likeness (QED) is 0.615. The lowest BCUT2D eigenvalue weighted by atomic mass is 10.2. The third-order valence-corrected chi connectivity index (χ3v) is 2.39. The summed E-state index contributed by atoms with van der Waals surface area (Å²) in [4.78, 5) is 13.1. The van der Waals surface area contributed by atoms with E-state index in [1.54, 1.807) is 7.05 Å². The van der Waals surface area contributed by atoms with Gasteiger partial charge < -0.3 is 10.6 Å². The number of nitrogens with one attached hydrogen (secondary N) is 2. The van der Waals surface area contributed by atoms with Gasteiger partial charge in [0, 0.05) is 19.6 Å². The Morgan fingerprint density at radius 1 is 1.69 bits per heavy atom. The molecule has 0 unspecified atom stereocenters. The predicted molar refractivity (Wildman–Crippen MR) is 52.6 cm³/mol. The molecule has 0 saturated carbocycles. The number of likely N-dealkylation sites (N-methyl/N-ethyl adjacent to an activating group) is 2. The lowest BCUT2D eigenvalue weighted by Crippen LogP contribution is -2.40. The third kappa shape index (κ3) is 3.74. The molecule has 0 aromatic heterocycles. The highest BCUT2D eigenvalue weighted by atomic mass is 16.1. The van der Waals surface area contributed by atoms with Gasteiger partial charge in [0.15, 0.2) is 0 Å². The van der Waals surface area contributed by atoms with Crippen LogP contribution in [0, 0.1) is 0 Å². The average Bonchev–Trinajstić information content (AvgIpc) is 2.56. The average molecular weight is 185 g/mol. The number of nitrogens with zero attached hydrogens (tertiary/aromatic N) is 1. The van der Waals surface area contributed by atoms with Gasteiger partial charge in [-0.25, -0.2) is 0 Å². The maximum atomic E-state index is 11.0. The molecule has 0 aliphatic carbocycles. The highest BCUT2D eigenvalue weighted by Crippen LogP contribution is 2.05. The zero-order chi connectivity index (χ0) is 9.68. The zero-order valence-corrected chi connectivity index (χ0v) is 8.47. The Labute approximate surface area is 79.7 Å². The second-order valence-corrected chi connectivity index (χ2v) is 3.66. The summed E-state index contributed by atoms with van der Waals surface area (Å²) in [5, 5.41) is 6.03. The minimum atomic E-state index is 0.0838. The topological polar surface area (TPSA) is 44.4 Å². The number of carbonyl (C=O) groups excluding carboxylic acids is 1. The van der Waals surface area contributed by atoms with Crippen molar-refractivity contribution in [3.8, 4) is 0 Å². The summed E-state index contributed by atoms with van der Waals surface area (Å²) in [6.07, 6.45) is 2.50. The smallest absolute Gasteiger partial charge is 0.233 e. The molecule has 4 nitrogen and oxygen atoms in total. The maximum absolute atomic E-state index is 11.0. The zero-order valence-electron chi connectivity index (χ0n) is 8.47. The first kappa shape index (κ1) is 10.5. The van der Waals surface area contributed by atoms with E-state index >= 15 is 0 Å². The molecule has 0 bridgehead atoms. The summed E-state index contributed by atoms with van der Waals surface area (Å²) in [5.74, 6) is 0.0838. The minimum Gasteiger partial charge on any atom is -0.358 e. The van der Waals surface area contributed by atoms with E-state index in [1.165, 1.54) is 12.8 Å². The van der Waals surface area contributed by atoms with Gasteiger partial charge in [-0.05, 0) is 26.4 Å². The van der Waals surface area contributed by atoms with Crippen molar-refractivity contribution >= 4 is 5.91 Å². The molecule has 1 amide bonds. The van der Waals surface area contributed by atoms with Crippen molar-refractivity contribution in [1.82, 2.24) is 15.5 Å². The number of rotatable bonds is 4. The van der Waals surface area contributed by atoms with Crippen LogP contribution in [-0.2, 0) is 4.79 Å². The molecule has 13 heavy (non-hydrogen) atoms. The molecule has 1 heterocycles. The molecule has 4 heteroatoms. The Bertz CT molecular complexity index is 166. The van der Waals surface area contributed by atoms with Crippen LogP contribution >= 0.6 is 0 Å². The maximum Gasteiger partial charge on any atom is 0.233 e. The van der Waals surface area contributed by atoms with E-state index in [2.05, 4.69) is 15.5 Å². The molecule has 1 aliphatic heterocycles. The van der Waals surface area contributed by atoms with Gasteiger partial charge in [0.05, 0.1) is 6.54 Å². The first-order valence-electron chi connectivity index (χ1n) is 4.85. The molecular weight excluding hydrogens is 166 g/mol. The lowest BCUT2D eigenvalue weighted by Gasteiger charge is -2.19.